The van der Waals surface area contributed by atoms with Crippen LogP contribution in [-0.2, 0) is 10.0 Å². The number of carbonyl (C=O) groups is 1. The van der Waals surface area contributed by atoms with Gasteiger partial charge in [0.15, 0.2) is 0 Å². The monoisotopic (exact) mass is 462 g/mol. The first-order chi connectivity index (χ1) is 14.7. The molecule has 0 radical (unpaired) electrons. The van der Waals surface area contributed by atoms with Crippen molar-refractivity contribution < 1.29 is 22.0 Å². The van der Waals surface area contributed by atoms with Crippen molar-refractivity contribution in [3.8, 4) is 0 Å². The fourth-order valence-electron chi connectivity index (χ4n) is 2.79. The van der Waals surface area contributed by atoms with E-state index in [4.69, 9.17) is 11.6 Å². The summed E-state index contributed by atoms with van der Waals surface area (Å²) in [4.78, 5) is 12.3. The van der Waals surface area contributed by atoms with E-state index in [9.17, 15) is 22.0 Å². The summed E-state index contributed by atoms with van der Waals surface area (Å²) in [6.45, 7) is 3.57. The molecule has 0 saturated heterocycles. The third kappa shape index (κ3) is 4.92. The fourth-order valence-corrected chi connectivity index (χ4v) is 4.40. The van der Waals surface area contributed by atoms with Gasteiger partial charge in [0.05, 0.1) is 17.1 Å². The molecule has 1 N–H and O–H groups in total. The first-order valence-electron chi connectivity index (χ1n) is 8.98. The van der Waals surface area contributed by atoms with Crippen molar-refractivity contribution in [2.75, 3.05) is 16.2 Å². The second-order valence-electron chi connectivity index (χ2n) is 6.38. The van der Waals surface area contributed by atoms with E-state index in [0.717, 1.165) is 22.5 Å². The molecule has 3 aromatic rings. The zero-order valence-corrected chi connectivity index (χ0v) is 17.6. The predicted molar refractivity (Wildman–Crippen MR) is 117 cm³/mol. The molecule has 0 unspecified atom stereocenters. The lowest BCUT2D eigenvalue weighted by Gasteiger charge is -2.23. The number of para-hydroxylation sites is 1. The maximum Gasteiger partial charge on any atom is 0.264 e. The molecular weight excluding hydrogens is 446 g/mol. The number of rotatable bonds is 7. The minimum absolute atomic E-state index is 0.0270. The number of anilines is 2. The van der Waals surface area contributed by atoms with E-state index in [0.29, 0.717) is 10.7 Å². The van der Waals surface area contributed by atoms with Crippen LogP contribution in [0, 0.1) is 11.6 Å². The number of carbonyl (C=O) groups excluding carboxylic acids is 1. The van der Waals surface area contributed by atoms with Gasteiger partial charge in [-0.3, -0.25) is 9.10 Å². The van der Waals surface area contributed by atoms with Crippen LogP contribution >= 0.6 is 11.6 Å². The van der Waals surface area contributed by atoms with Gasteiger partial charge in [0.25, 0.3) is 15.9 Å². The topological polar surface area (TPSA) is 66.5 Å². The Bertz CT molecular complexity index is 1210. The number of nitrogens with one attached hydrogen (secondary N) is 1. The van der Waals surface area contributed by atoms with Crippen molar-refractivity contribution in [2.24, 2.45) is 0 Å². The molecule has 5 nitrogen and oxygen atoms in total. The lowest BCUT2D eigenvalue weighted by Crippen LogP contribution is -2.31. The van der Waals surface area contributed by atoms with Crippen molar-refractivity contribution in [2.45, 2.75) is 4.90 Å². The minimum atomic E-state index is -4.08. The van der Waals surface area contributed by atoms with E-state index in [1.165, 1.54) is 30.3 Å². The summed E-state index contributed by atoms with van der Waals surface area (Å²) in [5.74, 6) is -2.75. The van der Waals surface area contributed by atoms with Gasteiger partial charge in [-0.15, -0.1) is 6.58 Å². The van der Waals surface area contributed by atoms with Gasteiger partial charge < -0.3 is 5.32 Å². The van der Waals surface area contributed by atoms with Crippen molar-refractivity contribution in [3.05, 3.63) is 102 Å². The van der Waals surface area contributed by atoms with Crippen LogP contribution in [0.2, 0.25) is 5.02 Å². The quantitative estimate of drug-likeness (QED) is 0.487. The zero-order valence-electron chi connectivity index (χ0n) is 16.1. The Labute approximate surface area is 183 Å². The third-order valence-electron chi connectivity index (χ3n) is 4.30. The summed E-state index contributed by atoms with van der Waals surface area (Å²) in [6, 6.07) is 14.5. The Morgan fingerprint density at radius 1 is 1.03 bits per heavy atom. The molecule has 0 bridgehead atoms. The van der Waals surface area contributed by atoms with Gasteiger partial charge in [-0.05, 0) is 54.6 Å². The van der Waals surface area contributed by atoms with Crippen molar-refractivity contribution in [3.63, 3.8) is 0 Å². The molecule has 160 valence electrons. The average Bonchev–Trinajstić information content (AvgIpc) is 2.75. The summed E-state index contributed by atoms with van der Waals surface area (Å²) in [5, 5.41) is 2.58. The van der Waals surface area contributed by atoms with E-state index in [2.05, 4.69) is 11.9 Å². The molecule has 0 saturated carbocycles. The standard InChI is InChI=1S/C22H17ClF2N2O3S/c1-2-13-27(17-11-9-16(23)10-12-17)31(29,30)18-6-3-5-15(14-18)22(28)26-21-19(24)7-4-8-20(21)25/h2-12,14H,1,13H2,(H,26,28). The second-order valence-corrected chi connectivity index (χ2v) is 8.68. The smallest absolute Gasteiger partial charge is 0.264 e. The van der Waals surface area contributed by atoms with Gasteiger partial charge in [0.2, 0.25) is 0 Å². The maximum absolute atomic E-state index is 13.8. The average molecular weight is 463 g/mol. The normalized spacial score (nSPS) is 11.1. The Morgan fingerprint density at radius 2 is 1.65 bits per heavy atom. The van der Waals surface area contributed by atoms with Crippen molar-refractivity contribution in [1.82, 2.24) is 0 Å². The van der Waals surface area contributed by atoms with Crippen LogP contribution in [0.25, 0.3) is 0 Å². The van der Waals surface area contributed by atoms with Crippen LogP contribution in [0.3, 0.4) is 0 Å². The summed E-state index contributed by atoms with van der Waals surface area (Å²) in [6.07, 6.45) is 1.42. The van der Waals surface area contributed by atoms with Crippen molar-refractivity contribution >= 4 is 38.9 Å². The van der Waals surface area contributed by atoms with Crippen LogP contribution in [0.15, 0.2) is 84.3 Å². The van der Waals surface area contributed by atoms with E-state index in [1.807, 2.05) is 0 Å². The highest BCUT2D eigenvalue weighted by Crippen LogP contribution is 2.26. The molecule has 31 heavy (non-hydrogen) atoms. The minimum Gasteiger partial charge on any atom is -0.317 e. The first-order valence-corrected chi connectivity index (χ1v) is 10.8. The van der Waals surface area contributed by atoms with Crippen LogP contribution < -0.4 is 9.62 Å². The molecule has 9 heteroatoms. The van der Waals surface area contributed by atoms with E-state index < -0.39 is 33.3 Å². The fraction of sp³-hybridized carbons (Fsp3) is 0.0455. The molecule has 1 amide bonds. The maximum atomic E-state index is 13.8. The Kier molecular flexibility index (Phi) is 6.72. The van der Waals surface area contributed by atoms with E-state index in [-0.39, 0.29) is 17.0 Å². The molecule has 0 aliphatic heterocycles. The molecule has 0 heterocycles. The van der Waals surface area contributed by atoms with Gasteiger partial charge in [-0.1, -0.05) is 29.8 Å². The molecule has 0 aliphatic carbocycles. The number of benzene rings is 3. The summed E-state index contributed by atoms with van der Waals surface area (Å²) in [7, 11) is -4.08. The highest BCUT2D eigenvalue weighted by Gasteiger charge is 2.25. The molecule has 0 aromatic heterocycles. The van der Waals surface area contributed by atoms with Crippen LogP contribution in [0.1, 0.15) is 10.4 Å². The molecule has 3 aromatic carbocycles. The molecule has 0 atom stereocenters. The summed E-state index contributed by atoms with van der Waals surface area (Å²) >= 11 is 5.88. The molecule has 0 spiro atoms. The van der Waals surface area contributed by atoms with Gasteiger partial charge in [0, 0.05) is 10.6 Å². The number of nitrogens with zero attached hydrogens (tertiary/aromatic N) is 1. The summed E-state index contributed by atoms with van der Waals surface area (Å²) < 4.78 is 55.2. The van der Waals surface area contributed by atoms with Crippen LogP contribution in [0.4, 0.5) is 20.2 Å². The second kappa shape index (κ2) is 9.28. The molecule has 3 rings (SSSR count). The Balaban J connectivity index is 1.95. The molecular formula is C22H17ClF2N2O3S. The summed E-state index contributed by atoms with van der Waals surface area (Å²) in [5.41, 5.74) is -0.346. The molecule has 0 fully saturated rings. The zero-order chi connectivity index (χ0) is 22.6. The molecule has 0 aliphatic rings. The van der Waals surface area contributed by atoms with Gasteiger partial charge in [-0.25, -0.2) is 17.2 Å². The third-order valence-corrected chi connectivity index (χ3v) is 6.34. The highest BCUT2D eigenvalue weighted by molar-refractivity contribution is 7.92. The number of hydrogen-bond donors (Lipinski definition) is 1. The number of halogens is 3. The van der Waals surface area contributed by atoms with Crippen LogP contribution in [-0.4, -0.2) is 20.9 Å². The Morgan fingerprint density at radius 3 is 2.26 bits per heavy atom. The lowest BCUT2D eigenvalue weighted by atomic mass is 10.2. The van der Waals surface area contributed by atoms with Crippen molar-refractivity contribution in [1.29, 1.82) is 0 Å². The first kappa shape index (κ1) is 22.5. The van der Waals surface area contributed by atoms with E-state index >= 15 is 0 Å². The van der Waals surface area contributed by atoms with Gasteiger partial charge in [0.1, 0.15) is 17.3 Å². The van der Waals surface area contributed by atoms with Gasteiger partial charge in [-0.2, -0.15) is 0 Å². The number of sulfonamides is 1. The predicted octanol–water partition coefficient (Wildman–Crippen LogP) is 5.25. The van der Waals surface area contributed by atoms with Gasteiger partial charge >= 0.3 is 0 Å². The van der Waals surface area contributed by atoms with E-state index in [1.54, 1.807) is 24.3 Å². The van der Waals surface area contributed by atoms with Crippen LogP contribution in [0.5, 0.6) is 0 Å². The lowest BCUT2D eigenvalue weighted by molar-refractivity contribution is 0.102. The number of hydrogen-bond acceptors (Lipinski definition) is 3. The SMILES string of the molecule is C=CCN(c1ccc(Cl)cc1)S(=O)(=O)c1cccc(C(=O)Nc2c(F)cccc2F)c1. The number of amides is 1. The Hall–Kier alpha value is -3.23. The highest BCUT2D eigenvalue weighted by atomic mass is 35.5. The largest absolute Gasteiger partial charge is 0.317 e.